The number of carbonyl (C=O) groups excluding carboxylic acids is 2. The molecule has 2 aromatic carbocycles. The van der Waals surface area contributed by atoms with Crippen molar-refractivity contribution in [3.05, 3.63) is 87.9 Å². The number of amides is 3. The maximum absolute atomic E-state index is 13.6. The zero-order valence-electron chi connectivity index (χ0n) is 21.4. The summed E-state index contributed by atoms with van der Waals surface area (Å²) >= 11 is 1.59. The summed E-state index contributed by atoms with van der Waals surface area (Å²) in [6.45, 7) is 6.08. The van der Waals surface area contributed by atoms with Gasteiger partial charge >= 0.3 is 6.03 Å². The van der Waals surface area contributed by atoms with Crippen LogP contribution in [0, 0.1) is 5.82 Å². The highest BCUT2D eigenvalue weighted by Gasteiger charge is 2.24. The Balaban J connectivity index is 1.49. The fourth-order valence-electron chi connectivity index (χ4n) is 4.49. The van der Waals surface area contributed by atoms with Gasteiger partial charge in [-0.05, 0) is 79.2 Å². The Bertz CT molecular complexity index is 1150. The topological polar surface area (TPSA) is 55.9 Å². The van der Waals surface area contributed by atoms with Crippen LogP contribution in [0.1, 0.15) is 35.8 Å². The van der Waals surface area contributed by atoms with E-state index in [0.29, 0.717) is 19.6 Å². The van der Waals surface area contributed by atoms with Crippen molar-refractivity contribution < 1.29 is 14.0 Å². The molecule has 6 nitrogen and oxygen atoms in total. The SMILES string of the molecule is CCc1cccc(NC(=O)N(CCN2CCCC2)CC(=O)N(Cc2ccc(F)cc2)Cc2cccs2)c1. The van der Waals surface area contributed by atoms with E-state index in [4.69, 9.17) is 0 Å². The molecule has 0 atom stereocenters. The molecule has 1 N–H and O–H groups in total. The Labute approximate surface area is 222 Å². The number of likely N-dealkylation sites (tertiary alicyclic amines) is 1. The first-order chi connectivity index (χ1) is 18.0. The van der Waals surface area contributed by atoms with Gasteiger partial charge in [-0.25, -0.2) is 9.18 Å². The highest BCUT2D eigenvalue weighted by Crippen LogP contribution is 2.17. The standard InChI is InChI=1S/C29H35FN4O2S/c1-2-23-7-5-8-26(19-23)31-29(36)33(17-16-32-14-3-4-15-32)22-28(35)34(21-27-9-6-18-37-27)20-24-10-12-25(30)13-11-24/h5-13,18-19H,2-4,14-17,20-22H2,1H3,(H,31,36). The van der Waals surface area contributed by atoms with Crippen LogP contribution in [0.25, 0.3) is 0 Å². The summed E-state index contributed by atoms with van der Waals surface area (Å²) in [5.74, 6) is -0.451. The summed E-state index contributed by atoms with van der Waals surface area (Å²) in [5, 5.41) is 4.98. The number of hydrogen-bond donors (Lipinski definition) is 1. The van der Waals surface area contributed by atoms with Crippen molar-refractivity contribution in [2.75, 3.05) is 38.0 Å². The number of carbonyl (C=O) groups is 2. The maximum Gasteiger partial charge on any atom is 0.322 e. The number of aryl methyl sites for hydroxylation is 1. The van der Waals surface area contributed by atoms with Crippen LogP contribution in [0.3, 0.4) is 0 Å². The summed E-state index contributed by atoms with van der Waals surface area (Å²) in [4.78, 5) is 33.8. The zero-order valence-corrected chi connectivity index (χ0v) is 22.2. The molecule has 1 saturated heterocycles. The number of anilines is 1. The van der Waals surface area contributed by atoms with Crippen molar-refractivity contribution in [3.8, 4) is 0 Å². The minimum Gasteiger partial charge on any atom is -0.332 e. The number of nitrogens with zero attached hydrogens (tertiary/aromatic N) is 3. The van der Waals surface area contributed by atoms with E-state index in [-0.39, 0.29) is 24.3 Å². The molecule has 1 aromatic heterocycles. The van der Waals surface area contributed by atoms with Crippen LogP contribution in [0.4, 0.5) is 14.9 Å². The predicted molar refractivity (Wildman–Crippen MR) is 147 cm³/mol. The Hall–Kier alpha value is -3.23. The van der Waals surface area contributed by atoms with Crippen molar-refractivity contribution >= 4 is 29.0 Å². The monoisotopic (exact) mass is 522 g/mol. The molecular formula is C29H35FN4O2S. The third-order valence-electron chi connectivity index (χ3n) is 6.65. The summed E-state index contributed by atoms with van der Waals surface area (Å²) in [5.41, 5.74) is 2.71. The van der Waals surface area contributed by atoms with Crippen LogP contribution < -0.4 is 5.32 Å². The molecule has 8 heteroatoms. The molecule has 0 aliphatic carbocycles. The van der Waals surface area contributed by atoms with Gasteiger partial charge in [-0.1, -0.05) is 37.3 Å². The van der Waals surface area contributed by atoms with E-state index < -0.39 is 0 Å². The van der Waals surface area contributed by atoms with Crippen molar-refractivity contribution in [2.45, 2.75) is 39.3 Å². The minimum atomic E-state index is -0.309. The number of halogens is 1. The molecule has 0 spiro atoms. The summed E-state index contributed by atoms with van der Waals surface area (Å²) in [7, 11) is 0. The van der Waals surface area contributed by atoms with Gasteiger partial charge in [0.2, 0.25) is 5.91 Å². The van der Waals surface area contributed by atoms with Gasteiger partial charge in [0.1, 0.15) is 12.4 Å². The van der Waals surface area contributed by atoms with Gasteiger partial charge in [0.25, 0.3) is 0 Å². The lowest BCUT2D eigenvalue weighted by Gasteiger charge is -2.29. The average Bonchev–Trinajstić information content (AvgIpc) is 3.62. The lowest BCUT2D eigenvalue weighted by Crippen LogP contribution is -2.46. The quantitative estimate of drug-likeness (QED) is 0.356. The number of hydrogen-bond acceptors (Lipinski definition) is 4. The molecule has 2 heterocycles. The molecule has 37 heavy (non-hydrogen) atoms. The van der Waals surface area contributed by atoms with E-state index in [0.717, 1.165) is 47.7 Å². The molecule has 1 aliphatic heterocycles. The van der Waals surface area contributed by atoms with Crippen molar-refractivity contribution in [2.24, 2.45) is 0 Å². The van der Waals surface area contributed by atoms with Gasteiger partial charge in [-0.15, -0.1) is 11.3 Å². The Morgan fingerprint density at radius 2 is 1.76 bits per heavy atom. The van der Waals surface area contributed by atoms with Crippen LogP contribution in [-0.2, 0) is 24.3 Å². The largest absolute Gasteiger partial charge is 0.332 e. The Morgan fingerprint density at radius 3 is 2.46 bits per heavy atom. The lowest BCUT2D eigenvalue weighted by molar-refractivity contribution is -0.133. The summed E-state index contributed by atoms with van der Waals surface area (Å²) in [6.07, 6.45) is 3.21. The van der Waals surface area contributed by atoms with E-state index in [9.17, 15) is 14.0 Å². The number of urea groups is 1. The normalized spacial score (nSPS) is 13.5. The second-order valence-corrected chi connectivity index (χ2v) is 10.4. The lowest BCUT2D eigenvalue weighted by atomic mass is 10.1. The third-order valence-corrected chi connectivity index (χ3v) is 7.51. The Kier molecular flexibility index (Phi) is 9.68. The molecule has 4 rings (SSSR count). The maximum atomic E-state index is 13.6. The van der Waals surface area contributed by atoms with Gasteiger partial charge in [-0.2, -0.15) is 0 Å². The van der Waals surface area contributed by atoms with E-state index in [2.05, 4.69) is 17.1 Å². The average molecular weight is 523 g/mol. The fourth-order valence-corrected chi connectivity index (χ4v) is 5.21. The van der Waals surface area contributed by atoms with Crippen molar-refractivity contribution in [1.29, 1.82) is 0 Å². The van der Waals surface area contributed by atoms with Crippen LogP contribution in [-0.4, -0.2) is 59.4 Å². The van der Waals surface area contributed by atoms with Gasteiger partial charge in [-0.3, -0.25) is 4.79 Å². The van der Waals surface area contributed by atoms with Crippen molar-refractivity contribution in [3.63, 3.8) is 0 Å². The molecule has 1 fully saturated rings. The van der Waals surface area contributed by atoms with Crippen molar-refractivity contribution in [1.82, 2.24) is 14.7 Å². The number of thiophene rings is 1. The molecule has 3 aromatic rings. The molecular weight excluding hydrogens is 487 g/mol. The smallest absolute Gasteiger partial charge is 0.322 e. The minimum absolute atomic E-state index is 0.0281. The highest BCUT2D eigenvalue weighted by atomic mass is 32.1. The number of benzene rings is 2. The highest BCUT2D eigenvalue weighted by molar-refractivity contribution is 7.09. The molecule has 0 saturated carbocycles. The van der Waals surface area contributed by atoms with Crippen LogP contribution in [0.15, 0.2) is 66.0 Å². The second kappa shape index (κ2) is 13.4. The molecule has 0 bridgehead atoms. The van der Waals surface area contributed by atoms with Gasteiger partial charge in [0.15, 0.2) is 0 Å². The molecule has 0 radical (unpaired) electrons. The van der Waals surface area contributed by atoms with Gasteiger partial charge < -0.3 is 20.0 Å². The fraction of sp³-hybridized carbons (Fsp3) is 0.379. The number of rotatable bonds is 11. The van der Waals surface area contributed by atoms with E-state index >= 15 is 0 Å². The van der Waals surface area contributed by atoms with E-state index in [1.165, 1.54) is 25.0 Å². The first-order valence-electron chi connectivity index (χ1n) is 12.9. The second-order valence-electron chi connectivity index (χ2n) is 9.41. The van der Waals surface area contributed by atoms with Crippen LogP contribution in [0.5, 0.6) is 0 Å². The summed E-state index contributed by atoms with van der Waals surface area (Å²) in [6, 6.07) is 17.7. The third kappa shape index (κ3) is 8.13. The van der Waals surface area contributed by atoms with E-state index in [1.807, 2.05) is 41.8 Å². The zero-order chi connectivity index (χ0) is 26.0. The first-order valence-corrected chi connectivity index (χ1v) is 13.8. The van der Waals surface area contributed by atoms with Crippen LogP contribution in [0.2, 0.25) is 0 Å². The summed E-state index contributed by atoms with van der Waals surface area (Å²) < 4.78 is 13.5. The van der Waals surface area contributed by atoms with Gasteiger partial charge in [0, 0.05) is 30.2 Å². The molecule has 0 unspecified atom stereocenters. The molecule has 1 aliphatic rings. The Morgan fingerprint density at radius 1 is 0.973 bits per heavy atom. The molecule has 196 valence electrons. The number of nitrogens with one attached hydrogen (secondary N) is 1. The first kappa shape index (κ1) is 26.8. The van der Waals surface area contributed by atoms with E-state index in [1.54, 1.807) is 33.3 Å². The van der Waals surface area contributed by atoms with Crippen LogP contribution >= 0.6 is 11.3 Å². The molecule has 3 amide bonds. The van der Waals surface area contributed by atoms with Gasteiger partial charge in [0.05, 0.1) is 6.54 Å². The predicted octanol–water partition coefficient (Wildman–Crippen LogP) is 5.61.